The Hall–Kier alpha value is -2.79. The van der Waals surface area contributed by atoms with E-state index in [1.807, 2.05) is 60.8 Å². The molecule has 19 heavy (non-hydrogen) atoms. The maximum atomic E-state index is 9.05. The van der Waals surface area contributed by atoms with Crippen molar-refractivity contribution in [3.63, 3.8) is 0 Å². The predicted octanol–water partition coefficient (Wildman–Crippen LogP) is 4.12. The molecule has 0 atom stereocenters. The Kier molecular flexibility index (Phi) is 2.88. The molecule has 0 aliphatic carbocycles. The molecule has 3 aromatic rings. The molecule has 2 aromatic carbocycles. The maximum Gasteiger partial charge on any atom is 0.0918 e. The third-order valence-corrected chi connectivity index (χ3v) is 3.18. The fourth-order valence-corrected chi connectivity index (χ4v) is 2.32. The number of aromatic nitrogens is 1. The zero-order chi connectivity index (χ0) is 13.1. The fourth-order valence-electron chi connectivity index (χ4n) is 2.32. The number of allylic oxidation sites excluding steroid dienone is 1. The highest BCUT2D eigenvalue weighted by Gasteiger charge is 2.08. The molecule has 0 unspecified atom stereocenters. The number of benzene rings is 2. The van der Waals surface area contributed by atoms with E-state index < -0.39 is 0 Å². The van der Waals surface area contributed by atoms with Gasteiger partial charge in [-0.2, -0.15) is 5.26 Å². The van der Waals surface area contributed by atoms with Gasteiger partial charge in [-0.1, -0.05) is 42.5 Å². The van der Waals surface area contributed by atoms with E-state index >= 15 is 0 Å². The Bertz CT molecular complexity index is 774. The number of nitrogens with zero attached hydrogens (tertiary/aromatic N) is 1. The zero-order valence-corrected chi connectivity index (χ0v) is 10.3. The molecular formula is C17H12N2. The van der Waals surface area contributed by atoms with Gasteiger partial charge < -0.3 is 4.98 Å². The van der Waals surface area contributed by atoms with E-state index in [4.69, 9.17) is 5.26 Å². The largest absolute Gasteiger partial charge is 0.361 e. The molecule has 1 N–H and O–H groups in total. The second kappa shape index (κ2) is 4.83. The van der Waals surface area contributed by atoms with E-state index in [1.165, 1.54) is 0 Å². The lowest BCUT2D eigenvalue weighted by atomic mass is 9.95. The van der Waals surface area contributed by atoms with Gasteiger partial charge in [0.25, 0.3) is 0 Å². The van der Waals surface area contributed by atoms with Crippen molar-refractivity contribution in [2.45, 2.75) is 0 Å². The summed E-state index contributed by atoms with van der Waals surface area (Å²) < 4.78 is 0. The minimum absolute atomic E-state index is 0.952. The third-order valence-electron chi connectivity index (χ3n) is 3.18. The van der Waals surface area contributed by atoms with Crippen LogP contribution in [0.4, 0.5) is 0 Å². The van der Waals surface area contributed by atoms with Crippen molar-refractivity contribution in [1.82, 2.24) is 4.98 Å². The average Bonchev–Trinajstić information content (AvgIpc) is 2.94. The highest BCUT2D eigenvalue weighted by Crippen LogP contribution is 2.29. The fraction of sp³-hybridized carbons (Fsp3) is 0. The number of aromatic amines is 1. The van der Waals surface area contributed by atoms with Crippen molar-refractivity contribution in [3.8, 4) is 6.07 Å². The van der Waals surface area contributed by atoms with Gasteiger partial charge in [-0.15, -0.1) is 0 Å². The molecule has 0 radical (unpaired) electrons. The number of fused-ring (bicyclic) bond motifs is 1. The van der Waals surface area contributed by atoms with Crippen LogP contribution < -0.4 is 0 Å². The molecule has 3 rings (SSSR count). The summed E-state index contributed by atoms with van der Waals surface area (Å²) in [5.41, 5.74) is 4.16. The molecule has 0 fully saturated rings. The van der Waals surface area contributed by atoms with Crippen LogP contribution in [0.2, 0.25) is 0 Å². The van der Waals surface area contributed by atoms with E-state index in [9.17, 15) is 0 Å². The van der Waals surface area contributed by atoms with Gasteiger partial charge >= 0.3 is 0 Å². The molecule has 1 heterocycles. The topological polar surface area (TPSA) is 39.6 Å². The normalized spacial score (nSPS) is 11.4. The first-order valence-electron chi connectivity index (χ1n) is 6.12. The lowest BCUT2D eigenvalue weighted by molar-refractivity contribution is 1.47. The molecule has 90 valence electrons. The summed E-state index contributed by atoms with van der Waals surface area (Å²) >= 11 is 0. The number of nitriles is 1. The number of H-pyrrole nitrogens is 1. The standard InChI is InChI=1S/C17H12N2/c18-11-9-14(13-5-2-1-3-6-13)15-7-4-8-17-16(15)10-12-19-17/h1-10,12,19H/b14-9-. The molecule has 2 heteroatoms. The predicted molar refractivity (Wildman–Crippen MR) is 77.4 cm³/mol. The number of rotatable bonds is 2. The third kappa shape index (κ3) is 2.02. The monoisotopic (exact) mass is 244 g/mol. The van der Waals surface area contributed by atoms with E-state index in [1.54, 1.807) is 6.08 Å². The van der Waals surface area contributed by atoms with Gasteiger partial charge in [0.2, 0.25) is 0 Å². The van der Waals surface area contributed by atoms with Crippen LogP contribution in [-0.2, 0) is 0 Å². The molecule has 0 aliphatic heterocycles. The van der Waals surface area contributed by atoms with Gasteiger partial charge in [0.1, 0.15) is 0 Å². The van der Waals surface area contributed by atoms with Gasteiger partial charge in [0, 0.05) is 28.7 Å². The first-order valence-corrected chi connectivity index (χ1v) is 6.12. The summed E-state index contributed by atoms with van der Waals surface area (Å²) in [4.78, 5) is 3.20. The Morgan fingerprint density at radius 2 is 1.84 bits per heavy atom. The molecule has 0 saturated heterocycles. The molecule has 0 aliphatic rings. The average molecular weight is 244 g/mol. The molecule has 0 spiro atoms. The van der Waals surface area contributed by atoms with Crippen LogP contribution in [0.5, 0.6) is 0 Å². The number of nitrogens with one attached hydrogen (secondary N) is 1. The smallest absolute Gasteiger partial charge is 0.0918 e. The van der Waals surface area contributed by atoms with Crippen LogP contribution in [0.3, 0.4) is 0 Å². The molecule has 1 aromatic heterocycles. The van der Waals surface area contributed by atoms with Crippen molar-refractivity contribution >= 4 is 16.5 Å². The van der Waals surface area contributed by atoms with Crippen molar-refractivity contribution in [2.75, 3.05) is 0 Å². The van der Waals surface area contributed by atoms with Crippen molar-refractivity contribution < 1.29 is 0 Å². The van der Waals surface area contributed by atoms with Crippen LogP contribution in [0.25, 0.3) is 16.5 Å². The minimum Gasteiger partial charge on any atom is -0.361 e. The number of hydrogen-bond acceptors (Lipinski definition) is 1. The van der Waals surface area contributed by atoms with E-state index in [0.717, 1.165) is 27.6 Å². The van der Waals surface area contributed by atoms with Crippen molar-refractivity contribution in [1.29, 1.82) is 5.26 Å². The van der Waals surface area contributed by atoms with Crippen LogP contribution in [0.15, 0.2) is 66.9 Å². The van der Waals surface area contributed by atoms with Crippen molar-refractivity contribution in [2.24, 2.45) is 0 Å². The summed E-state index contributed by atoms with van der Waals surface area (Å²) in [6.45, 7) is 0. The summed E-state index contributed by atoms with van der Waals surface area (Å²) in [5, 5.41) is 10.2. The lowest BCUT2D eigenvalue weighted by Gasteiger charge is -2.08. The Morgan fingerprint density at radius 3 is 2.63 bits per heavy atom. The molecule has 2 nitrogen and oxygen atoms in total. The van der Waals surface area contributed by atoms with E-state index in [0.29, 0.717) is 0 Å². The number of hydrogen-bond donors (Lipinski definition) is 1. The van der Waals surface area contributed by atoms with Crippen LogP contribution in [0, 0.1) is 11.3 Å². The SMILES string of the molecule is N#C/C=C(/c1ccccc1)c1cccc2[nH]ccc12. The first-order chi connectivity index (χ1) is 9.40. The Balaban J connectivity index is 2.25. The maximum absolute atomic E-state index is 9.05. The summed E-state index contributed by atoms with van der Waals surface area (Å²) in [7, 11) is 0. The molecular weight excluding hydrogens is 232 g/mol. The Labute approximate surface area is 111 Å². The van der Waals surface area contributed by atoms with Crippen molar-refractivity contribution in [3.05, 3.63) is 78.0 Å². The van der Waals surface area contributed by atoms with Gasteiger partial charge in [-0.05, 0) is 23.3 Å². The first kappa shape index (κ1) is 11.3. The second-order valence-electron chi connectivity index (χ2n) is 4.30. The zero-order valence-electron chi connectivity index (χ0n) is 10.3. The van der Waals surface area contributed by atoms with E-state index in [-0.39, 0.29) is 0 Å². The molecule has 0 amide bonds. The van der Waals surface area contributed by atoms with Gasteiger partial charge in [0.15, 0.2) is 0 Å². The van der Waals surface area contributed by atoms with Gasteiger partial charge in [-0.3, -0.25) is 0 Å². The van der Waals surface area contributed by atoms with Gasteiger partial charge in [-0.25, -0.2) is 0 Å². The lowest BCUT2D eigenvalue weighted by Crippen LogP contribution is -1.88. The van der Waals surface area contributed by atoms with E-state index in [2.05, 4.69) is 11.1 Å². The highest BCUT2D eigenvalue weighted by molar-refractivity contribution is 5.97. The van der Waals surface area contributed by atoms with Crippen LogP contribution >= 0.6 is 0 Å². The van der Waals surface area contributed by atoms with Crippen LogP contribution in [-0.4, -0.2) is 4.98 Å². The second-order valence-corrected chi connectivity index (χ2v) is 4.30. The highest BCUT2D eigenvalue weighted by atomic mass is 14.7. The Morgan fingerprint density at radius 1 is 1.00 bits per heavy atom. The summed E-state index contributed by atoms with van der Waals surface area (Å²) in [5.74, 6) is 0. The molecule has 0 saturated carbocycles. The van der Waals surface area contributed by atoms with Crippen LogP contribution in [0.1, 0.15) is 11.1 Å². The summed E-state index contributed by atoms with van der Waals surface area (Å²) in [6.07, 6.45) is 3.53. The summed E-state index contributed by atoms with van der Waals surface area (Å²) in [6, 6.07) is 20.3. The minimum atomic E-state index is 0.952. The molecule has 0 bridgehead atoms. The quantitative estimate of drug-likeness (QED) is 0.676. The van der Waals surface area contributed by atoms with Gasteiger partial charge in [0.05, 0.1) is 6.07 Å².